The van der Waals surface area contributed by atoms with E-state index in [4.69, 9.17) is 11.6 Å². The highest BCUT2D eigenvalue weighted by Crippen LogP contribution is 2.41. The van der Waals surface area contributed by atoms with E-state index in [1.807, 2.05) is 24.3 Å². The third-order valence-electron chi connectivity index (χ3n) is 5.70. The van der Waals surface area contributed by atoms with Crippen LogP contribution in [0, 0.1) is 5.92 Å². The van der Waals surface area contributed by atoms with Crippen molar-refractivity contribution in [3.63, 3.8) is 0 Å². The van der Waals surface area contributed by atoms with Crippen molar-refractivity contribution in [2.75, 3.05) is 39.8 Å². The third-order valence-corrected chi connectivity index (χ3v) is 5.96. The maximum Gasteiger partial charge on any atom is 0.0936 e. The Morgan fingerprint density at radius 1 is 1.09 bits per heavy atom. The zero-order valence-electron chi connectivity index (χ0n) is 14.2. The highest BCUT2D eigenvalue weighted by molar-refractivity contribution is 6.30. The van der Waals surface area contributed by atoms with Gasteiger partial charge < -0.3 is 14.9 Å². The largest absolute Gasteiger partial charge is 0.385 e. The van der Waals surface area contributed by atoms with Crippen molar-refractivity contribution in [2.45, 2.75) is 37.7 Å². The molecule has 0 amide bonds. The van der Waals surface area contributed by atoms with Gasteiger partial charge in [-0.05, 0) is 37.6 Å². The highest BCUT2D eigenvalue weighted by Gasteiger charge is 2.40. The second-order valence-corrected chi connectivity index (χ2v) is 7.77. The van der Waals surface area contributed by atoms with E-state index in [-0.39, 0.29) is 0 Å². The maximum absolute atomic E-state index is 11.6. The molecule has 1 aliphatic carbocycles. The monoisotopic (exact) mass is 336 g/mol. The molecule has 1 saturated heterocycles. The number of nitrogens with zero attached hydrogens (tertiary/aromatic N) is 2. The Morgan fingerprint density at radius 2 is 1.78 bits per heavy atom. The highest BCUT2D eigenvalue weighted by atomic mass is 35.5. The maximum atomic E-state index is 11.6. The molecule has 2 unspecified atom stereocenters. The van der Waals surface area contributed by atoms with Gasteiger partial charge in [-0.3, -0.25) is 0 Å². The van der Waals surface area contributed by atoms with E-state index >= 15 is 0 Å². The van der Waals surface area contributed by atoms with E-state index in [0.717, 1.165) is 62.6 Å². The first-order valence-electron chi connectivity index (χ1n) is 8.97. The SMILES string of the molecule is CN1CCN(CC2CCCCCC2(O)c2ccc(Cl)cc2)CC1. The molecular weight excluding hydrogens is 308 g/mol. The van der Waals surface area contributed by atoms with Gasteiger partial charge in [-0.1, -0.05) is 43.0 Å². The smallest absolute Gasteiger partial charge is 0.0936 e. The van der Waals surface area contributed by atoms with Gasteiger partial charge in [-0.25, -0.2) is 0 Å². The van der Waals surface area contributed by atoms with Crippen LogP contribution in [0.5, 0.6) is 0 Å². The summed E-state index contributed by atoms with van der Waals surface area (Å²) < 4.78 is 0. The minimum atomic E-state index is -0.704. The zero-order valence-corrected chi connectivity index (χ0v) is 14.9. The lowest BCUT2D eigenvalue weighted by Gasteiger charge is -2.41. The van der Waals surface area contributed by atoms with Crippen LogP contribution in [0.25, 0.3) is 0 Å². The summed E-state index contributed by atoms with van der Waals surface area (Å²) in [6, 6.07) is 7.86. The van der Waals surface area contributed by atoms with Crippen LogP contribution in [0.15, 0.2) is 24.3 Å². The van der Waals surface area contributed by atoms with Crippen LogP contribution in [0.3, 0.4) is 0 Å². The van der Waals surface area contributed by atoms with E-state index < -0.39 is 5.60 Å². The number of likely N-dealkylation sites (N-methyl/N-ethyl adjacent to an activating group) is 1. The Kier molecular flexibility index (Phi) is 5.63. The average Bonchev–Trinajstić information content (AvgIpc) is 2.73. The summed E-state index contributed by atoms with van der Waals surface area (Å²) in [4.78, 5) is 4.92. The van der Waals surface area contributed by atoms with Crippen molar-refractivity contribution in [1.29, 1.82) is 0 Å². The van der Waals surface area contributed by atoms with Gasteiger partial charge >= 0.3 is 0 Å². The lowest BCUT2D eigenvalue weighted by molar-refractivity contribution is -0.0465. The fraction of sp³-hybridized carbons (Fsp3) is 0.684. The van der Waals surface area contributed by atoms with Crippen molar-refractivity contribution >= 4 is 11.6 Å². The fourth-order valence-electron chi connectivity index (χ4n) is 4.11. The van der Waals surface area contributed by atoms with Crippen LogP contribution < -0.4 is 0 Å². The van der Waals surface area contributed by atoms with Crippen molar-refractivity contribution in [3.8, 4) is 0 Å². The molecule has 2 atom stereocenters. The Bertz CT molecular complexity index is 499. The molecule has 2 fully saturated rings. The Hall–Kier alpha value is -0.610. The van der Waals surface area contributed by atoms with E-state index in [2.05, 4.69) is 16.8 Å². The summed E-state index contributed by atoms with van der Waals surface area (Å²) in [6.45, 7) is 5.50. The van der Waals surface area contributed by atoms with Crippen molar-refractivity contribution in [3.05, 3.63) is 34.9 Å². The lowest BCUT2D eigenvalue weighted by atomic mass is 9.77. The van der Waals surface area contributed by atoms with Crippen LogP contribution in [0.1, 0.15) is 37.7 Å². The Morgan fingerprint density at radius 3 is 2.48 bits per heavy atom. The molecule has 3 nitrogen and oxygen atoms in total. The molecule has 0 bridgehead atoms. The number of piperazine rings is 1. The van der Waals surface area contributed by atoms with Gasteiger partial charge in [0.1, 0.15) is 0 Å². The van der Waals surface area contributed by atoms with Gasteiger partial charge in [0.15, 0.2) is 0 Å². The molecule has 23 heavy (non-hydrogen) atoms. The number of aliphatic hydroxyl groups is 1. The quantitative estimate of drug-likeness (QED) is 0.857. The number of halogens is 1. The summed E-state index contributed by atoms with van der Waals surface area (Å²) in [5.41, 5.74) is 0.340. The van der Waals surface area contributed by atoms with E-state index in [9.17, 15) is 5.11 Å². The van der Waals surface area contributed by atoms with E-state index in [1.165, 1.54) is 12.8 Å². The topological polar surface area (TPSA) is 26.7 Å². The second kappa shape index (κ2) is 7.52. The summed E-state index contributed by atoms with van der Waals surface area (Å²) >= 11 is 6.04. The minimum absolute atomic E-state index is 0.314. The molecule has 1 aromatic rings. The van der Waals surface area contributed by atoms with Gasteiger partial charge in [0.2, 0.25) is 0 Å². The molecule has 1 saturated carbocycles. The van der Waals surface area contributed by atoms with Gasteiger partial charge in [0.05, 0.1) is 5.60 Å². The van der Waals surface area contributed by atoms with Crippen LogP contribution in [0.4, 0.5) is 0 Å². The van der Waals surface area contributed by atoms with Crippen molar-refractivity contribution < 1.29 is 5.11 Å². The first-order valence-corrected chi connectivity index (χ1v) is 9.35. The number of hydrogen-bond acceptors (Lipinski definition) is 3. The molecule has 1 N–H and O–H groups in total. The molecule has 3 rings (SSSR count). The molecular formula is C19H29ClN2O. The predicted octanol–water partition coefficient (Wildman–Crippen LogP) is 3.36. The Labute approximate surface area is 145 Å². The van der Waals surface area contributed by atoms with Gasteiger partial charge in [-0.15, -0.1) is 0 Å². The first kappa shape index (κ1) is 17.2. The van der Waals surface area contributed by atoms with E-state index in [1.54, 1.807) is 0 Å². The second-order valence-electron chi connectivity index (χ2n) is 7.33. The summed E-state index contributed by atoms with van der Waals surface area (Å²) in [5, 5.41) is 12.3. The van der Waals surface area contributed by atoms with Crippen LogP contribution >= 0.6 is 11.6 Å². The summed E-state index contributed by atoms with van der Waals surface area (Å²) in [5.74, 6) is 0.314. The first-order chi connectivity index (χ1) is 11.1. The summed E-state index contributed by atoms with van der Waals surface area (Å²) in [6.07, 6.45) is 5.56. The van der Waals surface area contributed by atoms with Crippen LogP contribution in [-0.4, -0.2) is 54.7 Å². The number of rotatable bonds is 3. The number of benzene rings is 1. The van der Waals surface area contributed by atoms with E-state index in [0.29, 0.717) is 5.92 Å². The third kappa shape index (κ3) is 4.08. The molecule has 128 valence electrons. The zero-order chi connectivity index (χ0) is 16.3. The normalized spacial score (nSPS) is 31.0. The minimum Gasteiger partial charge on any atom is -0.385 e. The molecule has 1 heterocycles. The van der Waals surface area contributed by atoms with Crippen LogP contribution in [-0.2, 0) is 5.60 Å². The van der Waals surface area contributed by atoms with Crippen molar-refractivity contribution in [1.82, 2.24) is 9.80 Å². The predicted molar refractivity (Wildman–Crippen MR) is 95.9 cm³/mol. The number of hydrogen-bond donors (Lipinski definition) is 1. The Balaban J connectivity index is 1.78. The fourth-order valence-corrected chi connectivity index (χ4v) is 4.23. The molecule has 1 aliphatic heterocycles. The standard InChI is InChI=1S/C19H29ClN2O/c1-21-11-13-22(14-12-21)15-17-5-3-2-4-10-19(17,23)16-6-8-18(20)9-7-16/h6-9,17,23H,2-5,10-15H2,1H3. The molecule has 4 heteroatoms. The molecule has 0 aromatic heterocycles. The van der Waals surface area contributed by atoms with Crippen molar-refractivity contribution in [2.24, 2.45) is 5.92 Å². The molecule has 2 aliphatic rings. The molecule has 1 aromatic carbocycles. The van der Waals surface area contributed by atoms with Crippen LogP contribution in [0.2, 0.25) is 5.02 Å². The summed E-state index contributed by atoms with van der Waals surface area (Å²) in [7, 11) is 2.19. The van der Waals surface area contributed by atoms with Gasteiger partial charge in [-0.2, -0.15) is 0 Å². The molecule has 0 radical (unpaired) electrons. The van der Waals surface area contributed by atoms with Gasteiger partial charge in [0, 0.05) is 43.7 Å². The molecule has 0 spiro atoms. The van der Waals surface area contributed by atoms with Gasteiger partial charge in [0.25, 0.3) is 0 Å². The average molecular weight is 337 g/mol. The lowest BCUT2D eigenvalue weighted by Crippen LogP contribution is -2.49.